The summed E-state index contributed by atoms with van der Waals surface area (Å²) in [4.78, 5) is 64.2. The molecule has 0 saturated carbocycles. The molecule has 0 aromatic heterocycles. The topological polar surface area (TPSA) is 155 Å². The summed E-state index contributed by atoms with van der Waals surface area (Å²) < 4.78 is 55.1. The third kappa shape index (κ3) is 24.1. The van der Waals surface area contributed by atoms with Gasteiger partial charge in [-0.1, -0.05) is 138 Å². The predicted octanol–water partition coefficient (Wildman–Crippen LogP) is 16.2. The van der Waals surface area contributed by atoms with Crippen LogP contribution in [0.1, 0.15) is 257 Å². The number of benzene rings is 4. The van der Waals surface area contributed by atoms with Crippen molar-refractivity contribution in [1.29, 1.82) is 0 Å². The molecule has 0 fully saturated rings. The third-order valence-electron chi connectivity index (χ3n) is 17.2. The number of amides is 4. The molecule has 0 N–H and O–H groups in total. The Kier molecular flexibility index (Phi) is 32.1. The van der Waals surface area contributed by atoms with E-state index in [2.05, 4.69) is 187 Å². The fraction of sp³-hybridized carbons (Fsp3) is 0.650. The summed E-state index contributed by atoms with van der Waals surface area (Å²) in [6.07, 6.45) is 6.49. The van der Waals surface area contributed by atoms with Crippen molar-refractivity contribution in [3.05, 3.63) is 115 Å². The fourth-order valence-electron chi connectivity index (χ4n) is 11.9. The van der Waals surface area contributed by atoms with Crippen molar-refractivity contribution >= 4 is 23.6 Å². The van der Waals surface area contributed by atoms with Crippen LogP contribution in [0.5, 0.6) is 23.0 Å². The largest absolute Gasteiger partial charge is 0.483 e. The molecule has 4 aromatic rings. The highest BCUT2D eigenvalue weighted by molar-refractivity contribution is 5.79. The average Bonchev–Trinajstić information content (AvgIpc) is 0.818. The second-order valence-corrected chi connectivity index (χ2v) is 30.1. The van der Waals surface area contributed by atoms with Crippen molar-refractivity contribution < 1.29 is 57.1 Å². The van der Waals surface area contributed by atoms with E-state index < -0.39 is 0 Å². The van der Waals surface area contributed by atoms with Crippen LogP contribution < -0.4 is 18.9 Å². The Morgan fingerprint density at radius 1 is 0.281 bits per heavy atom. The van der Waals surface area contributed by atoms with E-state index in [0.29, 0.717) is 75.4 Å². The molecular weight excluding hydrogens is 1210 g/mol. The molecule has 0 saturated heterocycles. The summed E-state index contributed by atoms with van der Waals surface area (Å²) in [6.45, 7) is 47.4. The molecule has 8 bridgehead atoms. The molecule has 4 amide bonds. The van der Waals surface area contributed by atoms with Gasteiger partial charge in [0.15, 0.2) is 26.4 Å². The maximum Gasteiger partial charge on any atom is 0.260 e. The molecule has 16 heteroatoms. The van der Waals surface area contributed by atoms with Crippen LogP contribution in [0.2, 0.25) is 0 Å². The van der Waals surface area contributed by atoms with E-state index in [-0.39, 0.29) is 125 Å². The highest BCUT2D eigenvalue weighted by atomic mass is 16.5. The summed E-state index contributed by atoms with van der Waals surface area (Å²) >= 11 is 0. The molecule has 96 heavy (non-hydrogen) atoms. The number of rotatable bonds is 28. The van der Waals surface area contributed by atoms with Crippen LogP contribution in [0.4, 0.5) is 0 Å². The van der Waals surface area contributed by atoms with E-state index in [1.807, 2.05) is 19.6 Å². The van der Waals surface area contributed by atoms with Gasteiger partial charge in [0.1, 0.15) is 23.0 Å². The molecule has 0 atom stereocenters. The van der Waals surface area contributed by atoms with E-state index in [0.717, 1.165) is 118 Å². The Labute approximate surface area is 579 Å². The van der Waals surface area contributed by atoms with Gasteiger partial charge in [0.2, 0.25) is 0 Å². The second kappa shape index (κ2) is 38.2. The van der Waals surface area contributed by atoms with Crippen molar-refractivity contribution in [2.75, 3.05) is 78.8 Å². The quantitative estimate of drug-likeness (QED) is 0.0531. The maximum absolute atomic E-state index is 14.2. The monoisotopic (exact) mass is 1330 g/mol. The lowest BCUT2D eigenvalue weighted by Crippen LogP contribution is -2.36. The Morgan fingerprint density at radius 2 is 0.417 bits per heavy atom. The smallest absolute Gasteiger partial charge is 0.260 e. The zero-order chi connectivity index (χ0) is 71.0. The van der Waals surface area contributed by atoms with Crippen LogP contribution in [0, 0.1) is 0 Å². The van der Waals surface area contributed by atoms with Gasteiger partial charge in [-0.2, -0.15) is 0 Å². The first-order valence-corrected chi connectivity index (χ1v) is 36.0. The number of ether oxygens (including phenoxy) is 8. The second-order valence-electron chi connectivity index (χ2n) is 30.1. The van der Waals surface area contributed by atoms with Gasteiger partial charge in [-0.25, -0.2) is 0 Å². The number of nitrogens with zero attached hydrogens (tertiary/aromatic N) is 4. The molecule has 5 rings (SSSR count). The van der Waals surface area contributed by atoms with Crippen LogP contribution >= 0.6 is 0 Å². The van der Waals surface area contributed by atoms with Gasteiger partial charge in [-0.05, 0) is 144 Å². The van der Waals surface area contributed by atoms with Gasteiger partial charge >= 0.3 is 0 Å². The number of hydrogen-bond acceptors (Lipinski definition) is 12. The number of fused-ring (bicyclic) bond motifs is 8. The minimum atomic E-state index is -0.331. The molecular formula is C80H124N4O12. The summed E-state index contributed by atoms with van der Waals surface area (Å²) in [5, 5.41) is 0. The van der Waals surface area contributed by atoms with Gasteiger partial charge in [0.05, 0.1) is 52.9 Å². The van der Waals surface area contributed by atoms with Crippen molar-refractivity contribution in [1.82, 2.24) is 19.6 Å². The van der Waals surface area contributed by atoms with Crippen LogP contribution in [0.25, 0.3) is 0 Å². The van der Waals surface area contributed by atoms with Gasteiger partial charge in [0.25, 0.3) is 23.6 Å². The zero-order valence-electron chi connectivity index (χ0n) is 63.1. The lowest BCUT2D eigenvalue weighted by molar-refractivity contribution is -0.134. The molecule has 4 aromatic carbocycles. The van der Waals surface area contributed by atoms with Crippen molar-refractivity contribution in [3.63, 3.8) is 0 Å². The van der Waals surface area contributed by atoms with Crippen molar-refractivity contribution in [2.24, 2.45) is 0 Å². The number of hydrogen-bond donors (Lipinski definition) is 0. The Hall–Kier alpha value is -6.20. The van der Waals surface area contributed by atoms with E-state index in [9.17, 15) is 19.2 Å². The first-order valence-electron chi connectivity index (χ1n) is 36.0. The summed E-state index contributed by atoms with van der Waals surface area (Å²) in [5.41, 5.74) is 8.69. The molecule has 16 nitrogen and oxygen atoms in total. The normalized spacial score (nSPS) is 13.7. The summed E-state index contributed by atoms with van der Waals surface area (Å²) in [7, 11) is 0. The molecule has 536 valence electrons. The molecule has 0 unspecified atom stereocenters. The molecule has 0 aliphatic carbocycles. The number of carbonyl (C=O) groups excluding carboxylic acids is 4. The van der Waals surface area contributed by atoms with E-state index in [4.69, 9.17) is 37.9 Å². The average molecular weight is 1330 g/mol. The highest BCUT2D eigenvalue weighted by Gasteiger charge is 2.29. The molecule has 1 heterocycles. The lowest BCUT2D eigenvalue weighted by atomic mass is 9.84. The highest BCUT2D eigenvalue weighted by Crippen LogP contribution is 2.40. The summed E-state index contributed by atoms with van der Waals surface area (Å²) in [6, 6.07) is 16.9. The molecule has 0 radical (unpaired) electrons. The Balaban J connectivity index is 1.84. The minimum absolute atomic E-state index is 0.0846. The lowest BCUT2D eigenvalue weighted by Gasteiger charge is -2.27. The van der Waals surface area contributed by atoms with Crippen LogP contribution in [-0.2, 0) is 113 Å². The van der Waals surface area contributed by atoms with E-state index in [1.54, 1.807) is 0 Å². The molecule has 1 aliphatic rings. The molecule has 0 spiro atoms. The van der Waals surface area contributed by atoms with Crippen molar-refractivity contribution in [3.8, 4) is 23.0 Å². The first-order chi connectivity index (χ1) is 45.5. The summed E-state index contributed by atoms with van der Waals surface area (Å²) in [5.74, 6) is 1.57. The number of carbonyl (C=O) groups is 4. The van der Waals surface area contributed by atoms with Gasteiger partial charge in [0, 0.05) is 96.9 Å². The van der Waals surface area contributed by atoms with Crippen molar-refractivity contribution in [2.45, 2.75) is 264 Å². The van der Waals surface area contributed by atoms with Crippen LogP contribution in [0.15, 0.2) is 48.5 Å². The SMILES string of the molecule is CCCN(CCC)C(=O)COc1c2cc(C(C)(C)C)cc1COCc1cc(C(C)(C)C)cc(c1OCC(=O)N(CCC)CCC)COCc1cc(C(C)(C)C)cc(c1OCC(=O)N(CCC)CCC)COCc1cc(C(C)(C)C)cc(c1OCC(=O)N(CCC)CCC)COC2. The third-order valence-corrected chi connectivity index (χ3v) is 17.2. The van der Waals surface area contributed by atoms with Gasteiger partial charge < -0.3 is 57.5 Å². The van der Waals surface area contributed by atoms with Crippen LogP contribution in [-0.4, -0.2) is 122 Å². The zero-order valence-corrected chi connectivity index (χ0v) is 63.1. The fourth-order valence-corrected chi connectivity index (χ4v) is 11.9. The van der Waals surface area contributed by atoms with Gasteiger partial charge in [-0.15, -0.1) is 0 Å². The van der Waals surface area contributed by atoms with E-state index >= 15 is 0 Å². The Morgan fingerprint density at radius 3 is 0.531 bits per heavy atom. The van der Waals surface area contributed by atoms with E-state index in [1.165, 1.54) is 0 Å². The molecule has 1 aliphatic heterocycles. The minimum Gasteiger partial charge on any atom is -0.483 e. The van der Waals surface area contributed by atoms with Gasteiger partial charge in [-0.3, -0.25) is 19.2 Å². The first kappa shape index (κ1) is 80.5. The predicted molar refractivity (Wildman–Crippen MR) is 385 cm³/mol. The van der Waals surface area contributed by atoms with Crippen LogP contribution in [0.3, 0.4) is 0 Å². The standard InChI is InChI=1S/C80H124N4O12/c1-21-29-81(30-22-2)69(85)53-93-73-57-37-65(77(9,10)11)38-58(73)46-90-48-60-40-67(79(15,16)17)42-62(75(60)95-55-71(87)83(33-25-5)34-26-6)50-92-52-64-44-68(80(18,19)20)43-63(76(64)96-56-72(88)84(35-27-7)36-28-8)51-91-49-61-41-66(78(12,13)14)39-59(47-89-45-57)74(61)94-54-70(86)82(31-23-3)32-24-4/h37-44H,21-36,45-56H2,1-20H3. The Bertz CT molecular complexity index is 2590. The maximum atomic E-state index is 14.2.